The van der Waals surface area contributed by atoms with E-state index < -0.39 is 0 Å². The minimum atomic E-state index is 0.347. The number of rotatable bonds is 4. The number of aryl methyl sites for hydroxylation is 3. The van der Waals surface area contributed by atoms with Gasteiger partial charge in [-0.2, -0.15) is 0 Å². The molecule has 0 atom stereocenters. The van der Waals surface area contributed by atoms with Gasteiger partial charge in [0.1, 0.15) is 0 Å². The number of allylic oxidation sites excluding steroid dienone is 6. The van der Waals surface area contributed by atoms with E-state index in [-0.39, 0.29) is 0 Å². The third-order valence-corrected chi connectivity index (χ3v) is 4.70. The van der Waals surface area contributed by atoms with Gasteiger partial charge in [-0.25, -0.2) is 0 Å². The summed E-state index contributed by atoms with van der Waals surface area (Å²) in [7, 11) is 0. The van der Waals surface area contributed by atoms with Crippen LogP contribution in [0.3, 0.4) is 0 Å². The van der Waals surface area contributed by atoms with Crippen LogP contribution in [0.2, 0.25) is 0 Å². The molecular formula is C32H60. The molecule has 0 heterocycles. The van der Waals surface area contributed by atoms with Crippen molar-refractivity contribution in [3.05, 3.63) is 83.0 Å². The van der Waals surface area contributed by atoms with Crippen LogP contribution in [-0.2, 0) is 0 Å². The minimum Gasteiger partial charge on any atom is -0.0996 e. The Morgan fingerprint density at radius 1 is 0.812 bits per heavy atom. The molecule has 1 rings (SSSR count). The van der Waals surface area contributed by atoms with Crippen LogP contribution in [0.15, 0.2) is 66.3 Å². The highest BCUT2D eigenvalue weighted by molar-refractivity contribution is 5.28. The van der Waals surface area contributed by atoms with Crippen molar-refractivity contribution in [2.45, 2.75) is 117 Å². The normalized spacial score (nSPS) is 9.19. The molecule has 0 heteroatoms. The first-order chi connectivity index (χ1) is 14.9. The van der Waals surface area contributed by atoms with Gasteiger partial charge in [-0.05, 0) is 71.4 Å². The first-order valence-corrected chi connectivity index (χ1v) is 12.5. The van der Waals surface area contributed by atoms with Crippen LogP contribution in [0.25, 0.3) is 0 Å². The van der Waals surface area contributed by atoms with Gasteiger partial charge >= 0.3 is 0 Å². The van der Waals surface area contributed by atoms with Crippen LogP contribution in [-0.4, -0.2) is 0 Å². The Labute approximate surface area is 205 Å². The Morgan fingerprint density at radius 2 is 1.25 bits per heavy atom. The highest BCUT2D eigenvalue weighted by atomic mass is 14.2. The lowest BCUT2D eigenvalue weighted by Gasteiger charge is -2.22. The quantitative estimate of drug-likeness (QED) is 0.320. The van der Waals surface area contributed by atoms with Crippen molar-refractivity contribution in [1.29, 1.82) is 0 Å². The second kappa shape index (κ2) is 27.2. The highest BCUT2D eigenvalue weighted by Crippen LogP contribution is 2.27. The molecule has 0 aliphatic carbocycles. The molecular weight excluding hydrogens is 384 g/mol. The molecule has 0 unspecified atom stereocenters. The maximum Gasteiger partial charge on any atom is -0.0153 e. The van der Waals surface area contributed by atoms with Gasteiger partial charge in [-0.1, -0.05) is 134 Å². The minimum absolute atomic E-state index is 0.347. The third kappa shape index (κ3) is 28.2. The van der Waals surface area contributed by atoms with Crippen molar-refractivity contribution < 1.29 is 0 Å². The van der Waals surface area contributed by atoms with E-state index >= 15 is 0 Å². The molecule has 0 aromatic heterocycles. The van der Waals surface area contributed by atoms with Gasteiger partial charge in [0, 0.05) is 0 Å². The lowest BCUT2D eigenvalue weighted by molar-refractivity contribution is 0.431. The summed E-state index contributed by atoms with van der Waals surface area (Å²) in [4.78, 5) is 0. The zero-order valence-electron chi connectivity index (χ0n) is 25.1. The largest absolute Gasteiger partial charge is 0.0996 e. The van der Waals surface area contributed by atoms with Crippen LogP contribution in [0, 0.1) is 26.2 Å². The number of hydrogen-bond acceptors (Lipinski definition) is 0. The standard InChI is InChI=1S/C9H12.C9H14.C8H16.3C2H6/c1-7-4-5-8(2)9(3)6-7;1-5-9(4)7-6-8(2)3;1-6-8(4,5)7(2)3;3*1-2/h4-6H,1-3H3;5-7H,1H2,2-4H3;2,6H2,1,3-5H3;3*1-2H3/b;9-7-;;;;. The molecule has 0 spiro atoms. The van der Waals surface area contributed by atoms with Crippen LogP contribution < -0.4 is 0 Å². The van der Waals surface area contributed by atoms with Gasteiger partial charge in [0.25, 0.3) is 0 Å². The van der Waals surface area contributed by atoms with Crippen LogP contribution in [0.5, 0.6) is 0 Å². The summed E-state index contributed by atoms with van der Waals surface area (Å²) < 4.78 is 0. The van der Waals surface area contributed by atoms with Crippen molar-refractivity contribution >= 4 is 0 Å². The lowest BCUT2D eigenvalue weighted by Crippen LogP contribution is -2.09. The van der Waals surface area contributed by atoms with E-state index in [1.807, 2.05) is 54.5 Å². The monoisotopic (exact) mass is 444 g/mol. The van der Waals surface area contributed by atoms with Crippen molar-refractivity contribution in [3.8, 4) is 0 Å². The first-order valence-electron chi connectivity index (χ1n) is 12.5. The lowest BCUT2D eigenvalue weighted by atomic mass is 9.84. The molecule has 1 aromatic carbocycles. The Bertz CT molecular complexity index is 617. The van der Waals surface area contributed by atoms with Gasteiger partial charge in [-0.15, -0.1) is 0 Å². The fourth-order valence-electron chi connectivity index (χ4n) is 1.56. The molecule has 0 nitrogen and oxygen atoms in total. The smallest absolute Gasteiger partial charge is 0.0153 e. The average Bonchev–Trinajstić information content (AvgIpc) is 2.79. The van der Waals surface area contributed by atoms with Gasteiger partial charge in [0.2, 0.25) is 0 Å². The molecule has 32 heavy (non-hydrogen) atoms. The summed E-state index contributed by atoms with van der Waals surface area (Å²) in [5.41, 5.74) is 8.25. The zero-order chi connectivity index (χ0) is 26.9. The van der Waals surface area contributed by atoms with Gasteiger partial charge in [0.05, 0.1) is 0 Å². The molecule has 0 aliphatic rings. The van der Waals surface area contributed by atoms with Gasteiger partial charge < -0.3 is 0 Å². The molecule has 0 bridgehead atoms. The molecule has 0 radical (unpaired) electrons. The molecule has 0 aliphatic heterocycles. The molecule has 0 N–H and O–H groups in total. The number of benzene rings is 1. The Kier molecular flexibility index (Phi) is 34.5. The molecule has 0 saturated carbocycles. The zero-order valence-corrected chi connectivity index (χ0v) is 25.1. The van der Waals surface area contributed by atoms with E-state index in [1.165, 1.54) is 39.8 Å². The first kappa shape index (κ1) is 40.5. The van der Waals surface area contributed by atoms with E-state index in [4.69, 9.17) is 0 Å². The fraction of sp³-hybridized carbons (Fsp3) is 0.562. The Balaban J connectivity index is -0.000000102. The highest BCUT2D eigenvalue weighted by Gasteiger charge is 2.14. The second-order valence-electron chi connectivity index (χ2n) is 7.96. The van der Waals surface area contributed by atoms with E-state index in [1.54, 1.807) is 0 Å². The van der Waals surface area contributed by atoms with E-state index in [0.29, 0.717) is 5.41 Å². The van der Waals surface area contributed by atoms with Crippen LogP contribution >= 0.6 is 0 Å². The fourth-order valence-corrected chi connectivity index (χ4v) is 1.56. The van der Waals surface area contributed by atoms with Crippen LogP contribution in [0.1, 0.15) is 113 Å². The maximum atomic E-state index is 3.90. The van der Waals surface area contributed by atoms with Crippen molar-refractivity contribution in [1.82, 2.24) is 0 Å². The van der Waals surface area contributed by atoms with Crippen molar-refractivity contribution in [2.24, 2.45) is 5.41 Å². The summed E-state index contributed by atoms with van der Waals surface area (Å²) in [5, 5.41) is 0. The summed E-state index contributed by atoms with van der Waals surface area (Å²) in [5.74, 6) is 0. The third-order valence-electron chi connectivity index (χ3n) is 4.70. The van der Waals surface area contributed by atoms with E-state index in [9.17, 15) is 0 Å². The van der Waals surface area contributed by atoms with Crippen molar-refractivity contribution in [2.75, 3.05) is 0 Å². The molecule has 0 amide bonds. The number of hydrogen-bond donors (Lipinski definition) is 0. The molecule has 0 fully saturated rings. The summed E-state index contributed by atoms with van der Waals surface area (Å²) in [6, 6.07) is 6.50. The summed E-state index contributed by atoms with van der Waals surface area (Å²) >= 11 is 0. The molecule has 1 aromatic rings. The topological polar surface area (TPSA) is 0 Å². The molecule has 0 saturated heterocycles. The second-order valence-corrected chi connectivity index (χ2v) is 7.96. The maximum absolute atomic E-state index is 3.90. The predicted octanol–water partition coefficient (Wildman–Crippen LogP) is 11.8. The van der Waals surface area contributed by atoms with E-state index in [0.717, 1.165) is 0 Å². The average molecular weight is 445 g/mol. The van der Waals surface area contributed by atoms with E-state index in [2.05, 4.69) is 106 Å². The van der Waals surface area contributed by atoms with Crippen LogP contribution in [0.4, 0.5) is 0 Å². The van der Waals surface area contributed by atoms with Crippen molar-refractivity contribution in [3.63, 3.8) is 0 Å². The summed E-state index contributed by atoms with van der Waals surface area (Å²) in [6.07, 6.45) is 7.17. The Morgan fingerprint density at radius 3 is 1.47 bits per heavy atom. The summed E-state index contributed by atoms with van der Waals surface area (Å²) in [6.45, 7) is 40.8. The molecule has 188 valence electrons. The Hall–Kier alpha value is -1.82. The van der Waals surface area contributed by atoms with Gasteiger partial charge in [-0.3, -0.25) is 0 Å². The predicted molar refractivity (Wildman–Crippen MR) is 157 cm³/mol. The van der Waals surface area contributed by atoms with Gasteiger partial charge in [0.15, 0.2) is 0 Å². The SMILES string of the molecule is C=C(C)C(C)(C)CC.C=C/C(C)=C\C=C(C)C.CC.CC.CC.Cc1ccc(C)c(C)c1.